The molecule has 3 aromatic rings. The summed E-state index contributed by atoms with van der Waals surface area (Å²) in [7, 11) is 0. The van der Waals surface area contributed by atoms with Crippen LogP contribution in [-0.2, 0) is 6.61 Å². The van der Waals surface area contributed by atoms with E-state index >= 15 is 0 Å². The van der Waals surface area contributed by atoms with E-state index < -0.39 is 5.91 Å². The van der Waals surface area contributed by atoms with Gasteiger partial charge in [-0.25, -0.2) is 9.97 Å². The lowest BCUT2D eigenvalue weighted by Gasteiger charge is -2.01. The zero-order chi connectivity index (χ0) is 16.1. The summed E-state index contributed by atoms with van der Waals surface area (Å²) in [5.41, 5.74) is 1.74. The minimum Gasteiger partial charge on any atom is -0.471 e. The topological polar surface area (TPSA) is 90.1 Å². The lowest BCUT2D eigenvalue weighted by Crippen LogP contribution is -2.13. The first kappa shape index (κ1) is 14.7. The van der Waals surface area contributed by atoms with Gasteiger partial charge in [-0.2, -0.15) is 0 Å². The highest BCUT2D eigenvalue weighted by Gasteiger charge is 2.15. The zero-order valence-corrected chi connectivity index (χ0v) is 12.4. The third-order valence-corrected chi connectivity index (χ3v) is 2.96. The van der Waals surface area contributed by atoms with Crippen LogP contribution in [0.15, 0.2) is 53.2 Å². The van der Waals surface area contributed by atoms with Gasteiger partial charge in [-0.05, 0) is 23.7 Å². The highest BCUT2D eigenvalue weighted by molar-refractivity contribution is 6.01. The molecule has 3 rings (SSSR count). The standard InChI is InChI=1S/C16H14N4O3/c1-11-7-8-17-16(18-11)19-15(21)13-9-14(20-23-13)22-10-12-5-3-2-4-6-12/h2-9H,10H2,1H3,(H,17,18,19,21). The maximum absolute atomic E-state index is 12.0. The Morgan fingerprint density at radius 3 is 2.87 bits per heavy atom. The molecule has 0 spiro atoms. The van der Waals surface area contributed by atoms with Gasteiger partial charge in [0.2, 0.25) is 11.7 Å². The van der Waals surface area contributed by atoms with E-state index in [1.807, 2.05) is 30.3 Å². The lowest BCUT2D eigenvalue weighted by molar-refractivity contribution is 0.0986. The molecule has 1 N–H and O–H groups in total. The summed E-state index contributed by atoms with van der Waals surface area (Å²) in [5.74, 6) is -0.0156. The van der Waals surface area contributed by atoms with Gasteiger partial charge in [0, 0.05) is 11.9 Å². The predicted molar refractivity (Wildman–Crippen MR) is 82.0 cm³/mol. The van der Waals surface area contributed by atoms with Crippen molar-refractivity contribution >= 4 is 11.9 Å². The molecule has 0 aliphatic heterocycles. The Labute approximate surface area is 132 Å². The highest BCUT2D eigenvalue weighted by atomic mass is 16.5. The molecule has 1 amide bonds. The number of hydrogen-bond acceptors (Lipinski definition) is 6. The molecular formula is C16H14N4O3. The van der Waals surface area contributed by atoms with Crippen LogP contribution in [0.1, 0.15) is 21.8 Å². The number of aromatic nitrogens is 3. The van der Waals surface area contributed by atoms with Crippen LogP contribution in [0.5, 0.6) is 5.88 Å². The average molecular weight is 310 g/mol. The second kappa shape index (κ2) is 6.69. The van der Waals surface area contributed by atoms with Crippen molar-refractivity contribution in [1.82, 2.24) is 15.1 Å². The molecular weight excluding hydrogens is 296 g/mol. The number of hydrogen-bond donors (Lipinski definition) is 1. The first-order chi connectivity index (χ1) is 11.2. The Bertz CT molecular complexity index is 802. The fourth-order valence-corrected chi connectivity index (χ4v) is 1.84. The Hall–Kier alpha value is -3.22. The summed E-state index contributed by atoms with van der Waals surface area (Å²) in [6, 6.07) is 12.8. The molecule has 0 bridgehead atoms. The SMILES string of the molecule is Cc1ccnc(NC(=O)c2cc(OCc3ccccc3)no2)n1. The van der Waals surface area contributed by atoms with Gasteiger partial charge in [-0.1, -0.05) is 30.3 Å². The molecule has 0 radical (unpaired) electrons. The Balaban J connectivity index is 1.61. The molecule has 0 saturated heterocycles. The Kier molecular flexibility index (Phi) is 4.28. The molecule has 0 atom stereocenters. The molecule has 2 aromatic heterocycles. The van der Waals surface area contributed by atoms with Crippen molar-refractivity contribution in [3.8, 4) is 5.88 Å². The van der Waals surface area contributed by atoms with Crippen molar-refractivity contribution in [1.29, 1.82) is 0 Å². The number of nitrogens with one attached hydrogen (secondary N) is 1. The molecule has 7 heteroatoms. The molecule has 7 nitrogen and oxygen atoms in total. The van der Waals surface area contributed by atoms with E-state index in [1.54, 1.807) is 19.2 Å². The van der Waals surface area contributed by atoms with Gasteiger partial charge >= 0.3 is 0 Å². The van der Waals surface area contributed by atoms with E-state index in [9.17, 15) is 4.79 Å². The van der Waals surface area contributed by atoms with Crippen molar-refractivity contribution < 1.29 is 14.1 Å². The number of rotatable bonds is 5. The van der Waals surface area contributed by atoms with Gasteiger partial charge < -0.3 is 9.26 Å². The fraction of sp³-hybridized carbons (Fsp3) is 0.125. The van der Waals surface area contributed by atoms with Crippen LogP contribution in [0.25, 0.3) is 0 Å². The van der Waals surface area contributed by atoms with Crippen LogP contribution >= 0.6 is 0 Å². The fourth-order valence-electron chi connectivity index (χ4n) is 1.84. The van der Waals surface area contributed by atoms with Gasteiger partial charge in [0.15, 0.2) is 0 Å². The van der Waals surface area contributed by atoms with Crippen molar-refractivity contribution in [3.05, 3.63) is 65.7 Å². The van der Waals surface area contributed by atoms with Crippen molar-refractivity contribution in [2.45, 2.75) is 13.5 Å². The van der Waals surface area contributed by atoms with E-state index in [0.29, 0.717) is 6.61 Å². The third-order valence-electron chi connectivity index (χ3n) is 2.96. The number of nitrogens with zero attached hydrogens (tertiary/aromatic N) is 3. The molecule has 0 saturated carbocycles. The van der Waals surface area contributed by atoms with E-state index in [1.165, 1.54) is 6.07 Å². The maximum atomic E-state index is 12.0. The summed E-state index contributed by atoms with van der Waals surface area (Å²) >= 11 is 0. The van der Waals surface area contributed by atoms with Gasteiger partial charge in [-0.3, -0.25) is 10.1 Å². The molecule has 2 heterocycles. The molecule has 0 aliphatic carbocycles. The largest absolute Gasteiger partial charge is 0.471 e. The molecule has 23 heavy (non-hydrogen) atoms. The van der Waals surface area contributed by atoms with Crippen molar-refractivity contribution in [2.75, 3.05) is 5.32 Å². The minimum absolute atomic E-state index is 0.0261. The monoisotopic (exact) mass is 310 g/mol. The number of carbonyl (C=O) groups is 1. The summed E-state index contributed by atoms with van der Waals surface area (Å²) < 4.78 is 10.5. The van der Waals surface area contributed by atoms with E-state index in [-0.39, 0.29) is 17.6 Å². The van der Waals surface area contributed by atoms with Crippen LogP contribution in [0.4, 0.5) is 5.95 Å². The van der Waals surface area contributed by atoms with Crippen molar-refractivity contribution in [3.63, 3.8) is 0 Å². The zero-order valence-electron chi connectivity index (χ0n) is 12.4. The second-order valence-electron chi connectivity index (χ2n) is 4.78. The maximum Gasteiger partial charge on any atom is 0.296 e. The molecule has 0 aliphatic rings. The van der Waals surface area contributed by atoms with Crippen LogP contribution < -0.4 is 10.1 Å². The van der Waals surface area contributed by atoms with E-state index in [4.69, 9.17) is 9.26 Å². The van der Waals surface area contributed by atoms with Gasteiger partial charge in [0.05, 0.1) is 6.07 Å². The normalized spacial score (nSPS) is 10.3. The van der Waals surface area contributed by atoms with Crippen molar-refractivity contribution in [2.24, 2.45) is 0 Å². The Morgan fingerprint density at radius 2 is 2.09 bits per heavy atom. The summed E-state index contributed by atoms with van der Waals surface area (Å²) in [5, 5.41) is 6.25. The van der Waals surface area contributed by atoms with E-state index in [2.05, 4.69) is 20.4 Å². The number of benzene rings is 1. The summed E-state index contributed by atoms with van der Waals surface area (Å²) in [6.45, 7) is 2.15. The molecule has 1 aromatic carbocycles. The highest BCUT2D eigenvalue weighted by Crippen LogP contribution is 2.14. The van der Waals surface area contributed by atoms with Gasteiger partial charge in [0.25, 0.3) is 11.8 Å². The molecule has 116 valence electrons. The smallest absolute Gasteiger partial charge is 0.296 e. The average Bonchev–Trinajstić information content (AvgIpc) is 3.03. The summed E-state index contributed by atoms with van der Waals surface area (Å²) in [6.07, 6.45) is 1.56. The Morgan fingerprint density at radius 1 is 1.26 bits per heavy atom. The quantitative estimate of drug-likeness (QED) is 0.779. The van der Waals surface area contributed by atoms with Crippen LogP contribution in [0, 0.1) is 6.92 Å². The van der Waals surface area contributed by atoms with E-state index in [0.717, 1.165) is 11.3 Å². The first-order valence-electron chi connectivity index (χ1n) is 6.95. The van der Waals surface area contributed by atoms with Crippen LogP contribution in [-0.4, -0.2) is 21.0 Å². The first-order valence-corrected chi connectivity index (χ1v) is 6.95. The summed E-state index contributed by atoms with van der Waals surface area (Å²) in [4.78, 5) is 20.1. The van der Waals surface area contributed by atoms with Gasteiger partial charge in [-0.15, -0.1) is 0 Å². The number of anilines is 1. The van der Waals surface area contributed by atoms with Crippen LogP contribution in [0.2, 0.25) is 0 Å². The number of ether oxygens (including phenoxy) is 1. The van der Waals surface area contributed by atoms with Crippen LogP contribution in [0.3, 0.4) is 0 Å². The molecule has 0 fully saturated rings. The second-order valence-corrected chi connectivity index (χ2v) is 4.78. The lowest BCUT2D eigenvalue weighted by atomic mass is 10.2. The predicted octanol–water partition coefficient (Wildman–Crippen LogP) is 2.60. The molecule has 0 unspecified atom stereocenters. The third kappa shape index (κ3) is 3.91. The van der Waals surface area contributed by atoms with Gasteiger partial charge in [0.1, 0.15) is 6.61 Å². The number of carbonyl (C=O) groups excluding carboxylic acids is 1. The number of aryl methyl sites for hydroxylation is 1. The number of amides is 1. The minimum atomic E-state index is -0.488.